The molecule has 1 aliphatic rings. The first-order valence-electron chi connectivity index (χ1n) is 11.5. The largest absolute Gasteiger partial charge is 0.497 e. The molecule has 0 amide bonds. The number of hydrogen-bond acceptors (Lipinski definition) is 6. The second-order valence-corrected chi connectivity index (χ2v) is 10.5. The molecule has 7 nitrogen and oxygen atoms in total. The lowest BCUT2D eigenvalue weighted by atomic mass is 10.0. The van der Waals surface area contributed by atoms with Gasteiger partial charge in [-0.2, -0.15) is 4.31 Å². The van der Waals surface area contributed by atoms with Crippen molar-refractivity contribution >= 4 is 33.4 Å². The number of furan rings is 1. The van der Waals surface area contributed by atoms with Gasteiger partial charge >= 0.3 is 0 Å². The van der Waals surface area contributed by atoms with Gasteiger partial charge in [0.25, 0.3) is 0 Å². The van der Waals surface area contributed by atoms with Crippen LogP contribution < -0.4 is 9.47 Å². The number of rotatable bonds is 7. The summed E-state index contributed by atoms with van der Waals surface area (Å²) in [5, 5.41) is 1.03. The van der Waals surface area contributed by atoms with E-state index in [1.54, 1.807) is 31.4 Å². The fourth-order valence-electron chi connectivity index (χ4n) is 4.49. The molecule has 4 aromatic rings. The Labute approximate surface area is 217 Å². The van der Waals surface area contributed by atoms with E-state index < -0.39 is 10.0 Å². The van der Waals surface area contributed by atoms with Crippen molar-refractivity contribution in [2.24, 2.45) is 0 Å². The van der Waals surface area contributed by atoms with Crippen molar-refractivity contribution in [2.75, 3.05) is 40.4 Å². The molecule has 1 fully saturated rings. The quantitative estimate of drug-likeness (QED) is 0.334. The van der Waals surface area contributed by atoms with E-state index in [4.69, 9.17) is 13.9 Å². The fourth-order valence-corrected chi connectivity index (χ4v) is 5.94. The lowest BCUT2D eigenvalue weighted by Crippen LogP contribution is -2.48. The number of ether oxygens (including phenoxy) is 2. The molecule has 0 bridgehead atoms. The number of para-hydroxylation sites is 1. The Morgan fingerprint density at radius 1 is 0.861 bits per heavy atom. The lowest BCUT2D eigenvalue weighted by molar-refractivity contribution is 0.172. The van der Waals surface area contributed by atoms with E-state index in [0.29, 0.717) is 38.5 Å². The van der Waals surface area contributed by atoms with Gasteiger partial charge in [-0.1, -0.05) is 30.3 Å². The number of piperazine rings is 1. The average molecular weight is 529 g/mol. The van der Waals surface area contributed by atoms with Gasteiger partial charge in [0.15, 0.2) is 0 Å². The van der Waals surface area contributed by atoms with E-state index in [1.165, 1.54) is 11.4 Å². The van der Waals surface area contributed by atoms with Crippen molar-refractivity contribution in [2.45, 2.75) is 11.4 Å². The first-order chi connectivity index (χ1) is 17.0. The maximum Gasteiger partial charge on any atom is 0.243 e. The molecule has 36 heavy (non-hydrogen) atoms. The number of halogens is 1. The summed E-state index contributed by atoms with van der Waals surface area (Å²) in [6, 6.07) is 22.8. The topological polar surface area (TPSA) is 72.2 Å². The minimum atomic E-state index is -3.56. The van der Waals surface area contributed by atoms with E-state index in [0.717, 1.165) is 33.6 Å². The molecule has 0 N–H and O–H groups in total. The summed E-state index contributed by atoms with van der Waals surface area (Å²) in [4.78, 5) is 2.48. The van der Waals surface area contributed by atoms with Gasteiger partial charge in [0, 0.05) is 43.2 Å². The van der Waals surface area contributed by atoms with Crippen molar-refractivity contribution in [1.82, 2.24) is 9.21 Å². The SMILES string of the molecule is COc1cccc(S(=O)(=O)N2CCN(Cc3cc4cc(-c5ccccc5OC)ccc4o3)CC2)c1.Cl. The highest BCUT2D eigenvalue weighted by Gasteiger charge is 2.29. The summed E-state index contributed by atoms with van der Waals surface area (Å²) in [5.74, 6) is 2.22. The number of nitrogens with zero attached hydrogens (tertiary/aromatic N) is 2. The second-order valence-electron chi connectivity index (χ2n) is 8.52. The van der Waals surface area contributed by atoms with E-state index >= 15 is 0 Å². The molecule has 0 unspecified atom stereocenters. The normalized spacial score (nSPS) is 14.9. The molecular formula is C27H29ClN2O5S. The first-order valence-corrected chi connectivity index (χ1v) is 12.9. The molecule has 0 radical (unpaired) electrons. The number of benzene rings is 3. The van der Waals surface area contributed by atoms with Gasteiger partial charge in [-0.3, -0.25) is 4.90 Å². The Bertz CT molecular complexity index is 1450. The van der Waals surface area contributed by atoms with Crippen LogP contribution in [0.15, 0.2) is 82.1 Å². The molecule has 5 rings (SSSR count). The van der Waals surface area contributed by atoms with Crippen LogP contribution in [0.1, 0.15) is 5.76 Å². The number of methoxy groups -OCH3 is 2. The number of sulfonamides is 1. The smallest absolute Gasteiger partial charge is 0.243 e. The molecule has 1 saturated heterocycles. The minimum absolute atomic E-state index is 0. The standard InChI is InChI=1S/C27H28N2O5S.ClH/c1-32-22-6-5-7-24(18-22)35(30,31)29-14-12-28(13-15-29)19-23-17-21-16-20(10-11-26(21)34-23)25-8-3-4-9-27(25)33-2;/h3-11,16-18H,12-15,19H2,1-2H3;1H. The molecule has 0 atom stereocenters. The molecule has 1 aromatic heterocycles. The highest BCUT2D eigenvalue weighted by Crippen LogP contribution is 2.33. The van der Waals surface area contributed by atoms with Crippen LogP contribution in [-0.4, -0.2) is 58.0 Å². The number of hydrogen-bond donors (Lipinski definition) is 0. The van der Waals surface area contributed by atoms with Crippen LogP contribution in [0, 0.1) is 0 Å². The van der Waals surface area contributed by atoms with Crippen LogP contribution in [0.4, 0.5) is 0 Å². The van der Waals surface area contributed by atoms with E-state index in [-0.39, 0.29) is 17.3 Å². The maximum atomic E-state index is 13.1. The Morgan fingerprint density at radius 3 is 2.39 bits per heavy atom. The van der Waals surface area contributed by atoms with E-state index in [1.807, 2.05) is 36.4 Å². The summed E-state index contributed by atoms with van der Waals surface area (Å²) in [6.07, 6.45) is 0. The van der Waals surface area contributed by atoms with Crippen LogP contribution in [0.3, 0.4) is 0 Å². The number of fused-ring (bicyclic) bond motifs is 1. The second kappa shape index (κ2) is 10.9. The highest BCUT2D eigenvalue weighted by atomic mass is 35.5. The predicted octanol–water partition coefficient (Wildman–Crippen LogP) is 5.05. The van der Waals surface area contributed by atoms with Crippen LogP contribution in [0.25, 0.3) is 22.1 Å². The first kappa shape index (κ1) is 26.0. The molecule has 0 saturated carbocycles. The zero-order valence-corrected chi connectivity index (χ0v) is 21.8. The molecule has 9 heteroatoms. The monoisotopic (exact) mass is 528 g/mol. The van der Waals surface area contributed by atoms with Gasteiger partial charge in [0.2, 0.25) is 10.0 Å². The van der Waals surface area contributed by atoms with Crippen LogP contribution in [-0.2, 0) is 16.6 Å². The zero-order chi connectivity index (χ0) is 24.4. The summed E-state index contributed by atoms with van der Waals surface area (Å²) in [5.41, 5.74) is 2.93. The third kappa shape index (κ3) is 5.22. The molecule has 190 valence electrons. The van der Waals surface area contributed by atoms with Gasteiger partial charge in [-0.05, 0) is 42.0 Å². The van der Waals surface area contributed by atoms with Gasteiger partial charge in [0.05, 0.1) is 25.7 Å². The average Bonchev–Trinajstić information content (AvgIpc) is 3.30. The Balaban J connectivity index is 0.00000304. The van der Waals surface area contributed by atoms with Crippen molar-refractivity contribution in [3.63, 3.8) is 0 Å². The molecule has 0 aliphatic carbocycles. The molecular weight excluding hydrogens is 500 g/mol. The highest BCUT2D eigenvalue weighted by molar-refractivity contribution is 7.89. The van der Waals surface area contributed by atoms with Crippen molar-refractivity contribution < 1.29 is 22.3 Å². The summed E-state index contributed by atoms with van der Waals surface area (Å²) >= 11 is 0. The third-order valence-corrected chi connectivity index (χ3v) is 8.27. The lowest BCUT2D eigenvalue weighted by Gasteiger charge is -2.33. The molecule has 2 heterocycles. The van der Waals surface area contributed by atoms with Crippen LogP contribution in [0.2, 0.25) is 0 Å². The summed E-state index contributed by atoms with van der Waals surface area (Å²) in [7, 11) is -0.350. The summed E-state index contributed by atoms with van der Waals surface area (Å²) < 4.78 is 44.4. The van der Waals surface area contributed by atoms with Crippen molar-refractivity contribution in [3.8, 4) is 22.6 Å². The minimum Gasteiger partial charge on any atom is -0.497 e. The van der Waals surface area contributed by atoms with E-state index in [9.17, 15) is 8.42 Å². The van der Waals surface area contributed by atoms with Gasteiger partial charge in [0.1, 0.15) is 22.8 Å². The van der Waals surface area contributed by atoms with Crippen molar-refractivity contribution in [1.29, 1.82) is 0 Å². The third-order valence-electron chi connectivity index (χ3n) is 6.37. The van der Waals surface area contributed by atoms with E-state index in [2.05, 4.69) is 17.0 Å². The van der Waals surface area contributed by atoms with Crippen LogP contribution in [0.5, 0.6) is 11.5 Å². The summed E-state index contributed by atoms with van der Waals surface area (Å²) in [6.45, 7) is 2.75. The molecule has 0 spiro atoms. The van der Waals surface area contributed by atoms with Crippen molar-refractivity contribution in [3.05, 3.63) is 78.6 Å². The Hall–Kier alpha value is -3.04. The maximum absolute atomic E-state index is 13.1. The Kier molecular flexibility index (Phi) is 7.90. The fraction of sp³-hybridized carbons (Fsp3) is 0.259. The molecule has 1 aliphatic heterocycles. The van der Waals surface area contributed by atoms with Gasteiger partial charge < -0.3 is 13.9 Å². The zero-order valence-electron chi connectivity index (χ0n) is 20.2. The van der Waals surface area contributed by atoms with Gasteiger partial charge in [-0.15, -0.1) is 12.4 Å². The van der Waals surface area contributed by atoms with Gasteiger partial charge in [-0.25, -0.2) is 8.42 Å². The van der Waals surface area contributed by atoms with Crippen LogP contribution >= 0.6 is 12.4 Å². The predicted molar refractivity (Wildman–Crippen MR) is 142 cm³/mol. The molecule has 3 aromatic carbocycles. The Morgan fingerprint density at radius 2 is 1.64 bits per heavy atom.